The molecule has 1 aromatic rings. The Kier molecular flexibility index (Phi) is 3.43. The van der Waals surface area contributed by atoms with Gasteiger partial charge in [-0.1, -0.05) is 13.0 Å². The zero-order valence-electron chi connectivity index (χ0n) is 11.4. The van der Waals surface area contributed by atoms with E-state index in [0.717, 1.165) is 12.2 Å². The number of epoxide rings is 1. The van der Waals surface area contributed by atoms with Crippen LogP contribution in [-0.2, 0) is 11.2 Å². The van der Waals surface area contributed by atoms with Gasteiger partial charge in [-0.15, -0.1) is 0 Å². The van der Waals surface area contributed by atoms with Gasteiger partial charge in [0.15, 0.2) is 0 Å². The second-order valence-corrected chi connectivity index (χ2v) is 5.16. The zero-order chi connectivity index (χ0) is 12.6. The summed E-state index contributed by atoms with van der Waals surface area (Å²) in [5, 5.41) is 0. The van der Waals surface area contributed by atoms with Gasteiger partial charge in [-0.25, -0.2) is 0 Å². The van der Waals surface area contributed by atoms with Crippen molar-refractivity contribution in [2.45, 2.75) is 46.3 Å². The van der Waals surface area contributed by atoms with Crippen molar-refractivity contribution in [3.63, 3.8) is 0 Å². The lowest BCUT2D eigenvalue weighted by atomic mass is 9.92. The van der Waals surface area contributed by atoms with Crippen LogP contribution >= 0.6 is 0 Å². The second-order valence-electron chi connectivity index (χ2n) is 5.16. The Hall–Kier alpha value is -1.02. The number of hydrogen-bond acceptors (Lipinski definition) is 2. The summed E-state index contributed by atoms with van der Waals surface area (Å²) in [6.07, 6.45) is 1.99. The summed E-state index contributed by atoms with van der Waals surface area (Å²) in [7, 11) is 1.73. The number of benzene rings is 1. The Labute approximate surface area is 104 Å². The predicted molar refractivity (Wildman–Crippen MR) is 69.7 cm³/mol. The van der Waals surface area contributed by atoms with E-state index in [-0.39, 0.29) is 0 Å². The van der Waals surface area contributed by atoms with Crippen LogP contribution in [0, 0.1) is 19.8 Å². The van der Waals surface area contributed by atoms with Crippen LogP contribution in [0.2, 0.25) is 0 Å². The lowest BCUT2D eigenvalue weighted by Gasteiger charge is -2.15. The number of rotatable bonds is 4. The van der Waals surface area contributed by atoms with E-state index in [1.165, 1.54) is 16.7 Å². The van der Waals surface area contributed by atoms with Gasteiger partial charge in [0.2, 0.25) is 0 Å². The van der Waals surface area contributed by atoms with Crippen molar-refractivity contribution in [1.29, 1.82) is 0 Å². The van der Waals surface area contributed by atoms with Crippen LogP contribution in [0.1, 0.15) is 30.5 Å². The van der Waals surface area contributed by atoms with Crippen molar-refractivity contribution in [3.8, 4) is 5.75 Å². The highest BCUT2D eigenvalue weighted by atomic mass is 16.6. The molecule has 0 aliphatic carbocycles. The quantitative estimate of drug-likeness (QED) is 0.746. The van der Waals surface area contributed by atoms with E-state index in [9.17, 15) is 0 Å². The van der Waals surface area contributed by atoms with Crippen LogP contribution < -0.4 is 4.74 Å². The van der Waals surface area contributed by atoms with E-state index in [1.807, 2.05) is 0 Å². The molecule has 1 aliphatic rings. The Bertz CT molecular complexity index is 412. The normalized spacial score (nSPS) is 24.5. The molecule has 1 heterocycles. The van der Waals surface area contributed by atoms with Crippen LogP contribution in [0.15, 0.2) is 12.1 Å². The van der Waals surface area contributed by atoms with Crippen LogP contribution in [0.25, 0.3) is 0 Å². The maximum atomic E-state index is 5.54. The van der Waals surface area contributed by atoms with Gasteiger partial charge in [-0.2, -0.15) is 0 Å². The summed E-state index contributed by atoms with van der Waals surface area (Å²) < 4.78 is 10.9. The standard InChI is InChI=1S/C15H22O2/c1-9(15-12(4)17-15)8-13-6-7-14(16-5)11(3)10(13)2/h6-7,9,12,15H,8H2,1-5H3. The molecule has 0 saturated carbocycles. The molecule has 3 atom stereocenters. The first-order valence-corrected chi connectivity index (χ1v) is 6.33. The van der Waals surface area contributed by atoms with E-state index in [1.54, 1.807) is 7.11 Å². The van der Waals surface area contributed by atoms with Crippen LogP contribution in [-0.4, -0.2) is 19.3 Å². The van der Waals surface area contributed by atoms with Gasteiger partial charge in [0, 0.05) is 0 Å². The van der Waals surface area contributed by atoms with E-state index in [4.69, 9.17) is 9.47 Å². The molecule has 17 heavy (non-hydrogen) atoms. The highest BCUT2D eigenvalue weighted by Gasteiger charge is 2.38. The molecule has 1 aromatic carbocycles. The molecule has 1 fully saturated rings. The lowest BCUT2D eigenvalue weighted by Crippen LogP contribution is -2.10. The van der Waals surface area contributed by atoms with Crippen molar-refractivity contribution in [2.24, 2.45) is 5.92 Å². The summed E-state index contributed by atoms with van der Waals surface area (Å²) in [6, 6.07) is 4.26. The molecule has 0 bridgehead atoms. The average Bonchev–Trinajstić information content (AvgIpc) is 3.03. The maximum absolute atomic E-state index is 5.54. The molecule has 0 radical (unpaired) electrons. The van der Waals surface area contributed by atoms with Crippen molar-refractivity contribution < 1.29 is 9.47 Å². The van der Waals surface area contributed by atoms with Crippen molar-refractivity contribution in [2.75, 3.05) is 7.11 Å². The minimum atomic E-state index is 0.449. The van der Waals surface area contributed by atoms with E-state index in [2.05, 4.69) is 39.8 Å². The van der Waals surface area contributed by atoms with E-state index >= 15 is 0 Å². The molecule has 1 aliphatic heterocycles. The highest BCUT2D eigenvalue weighted by Crippen LogP contribution is 2.33. The molecule has 1 saturated heterocycles. The SMILES string of the molecule is COc1ccc(CC(C)C2OC2C)c(C)c1C. The fourth-order valence-electron chi connectivity index (χ4n) is 2.56. The third-order valence-corrected chi connectivity index (χ3v) is 3.93. The summed E-state index contributed by atoms with van der Waals surface area (Å²) in [6.45, 7) is 8.72. The second kappa shape index (κ2) is 4.69. The number of ether oxygens (including phenoxy) is 2. The summed E-state index contributed by atoms with van der Waals surface area (Å²) >= 11 is 0. The third-order valence-electron chi connectivity index (χ3n) is 3.93. The molecular formula is C15H22O2. The first-order valence-electron chi connectivity index (χ1n) is 6.33. The lowest BCUT2D eigenvalue weighted by molar-refractivity contribution is 0.328. The van der Waals surface area contributed by atoms with E-state index < -0.39 is 0 Å². The van der Waals surface area contributed by atoms with Gasteiger partial charge in [0.25, 0.3) is 0 Å². The Morgan fingerprint density at radius 2 is 1.94 bits per heavy atom. The number of methoxy groups -OCH3 is 1. The maximum Gasteiger partial charge on any atom is 0.122 e. The van der Waals surface area contributed by atoms with Gasteiger partial charge in [-0.3, -0.25) is 0 Å². The van der Waals surface area contributed by atoms with Crippen LogP contribution in [0.4, 0.5) is 0 Å². The number of hydrogen-bond donors (Lipinski definition) is 0. The van der Waals surface area contributed by atoms with Gasteiger partial charge in [0.1, 0.15) is 5.75 Å². The van der Waals surface area contributed by atoms with Crippen LogP contribution in [0.3, 0.4) is 0 Å². The monoisotopic (exact) mass is 234 g/mol. The van der Waals surface area contributed by atoms with Gasteiger partial charge in [0.05, 0.1) is 19.3 Å². The Morgan fingerprint density at radius 3 is 2.47 bits per heavy atom. The van der Waals surface area contributed by atoms with Crippen LogP contribution in [0.5, 0.6) is 5.75 Å². The average molecular weight is 234 g/mol. The van der Waals surface area contributed by atoms with Crippen molar-refractivity contribution in [1.82, 2.24) is 0 Å². The van der Waals surface area contributed by atoms with Gasteiger partial charge in [-0.05, 0) is 55.9 Å². The molecule has 94 valence electrons. The Balaban J connectivity index is 2.13. The molecule has 3 unspecified atom stereocenters. The van der Waals surface area contributed by atoms with Crippen molar-refractivity contribution in [3.05, 3.63) is 28.8 Å². The van der Waals surface area contributed by atoms with Crippen molar-refractivity contribution >= 4 is 0 Å². The zero-order valence-corrected chi connectivity index (χ0v) is 11.4. The smallest absolute Gasteiger partial charge is 0.122 e. The van der Waals surface area contributed by atoms with E-state index in [0.29, 0.717) is 18.1 Å². The van der Waals surface area contributed by atoms with Gasteiger partial charge >= 0.3 is 0 Å². The summed E-state index contributed by atoms with van der Waals surface area (Å²) in [4.78, 5) is 0. The fraction of sp³-hybridized carbons (Fsp3) is 0.600. The first-order chi connectivity index (χ1) is 8.04. The third kappa shape index (κ3) is 2.47. The van der Waals surface area contributed by atoms with Gasteiger partial charge < -0.3 is 9.47 Å². The minimum Gasteiger partial charge on any atom is -0.496 e. The first kappa shape index (κ1) is 12.4. The highest BCUT2D eigenvalue weighted by molar-refractivity contribution is 5.43. The summed E-state index contributed by atoms with van der Waals surface area (Å²) in [5.74, 6) is 1.58. The molecule has 0 spiro atoms. The summed E-state index contributed by atoms with van der Waals surface area (Å²) in [5.41, 5.74) is 4.02. The molecule has 2 heteroatoms. The molecule has 0 N–H and O–H groups in total. The molecule has 2 nitrogen and oxygen atoms in total. The predicted octanol–water partition coefficient (Wildman–Crippen LogP) is 3.28. The molecule has 0 aromatic heterocycles. The molecular weight excluding hydrogens is 212 g/mol. The Morgan fingerprint density at radius 1 is 1.29 bits per heavy atom. The largest absolute Gasteiger partial charge is 0.496 e. The topological polar surface area (TPSA) is 21.8 Å². The molecule has 2 rings (SSSR count). The minimum absolute atomic E-state index is 0.449. The fourth-order valence-corrected chi connectivity index (χ4v) is 2.56. The molecule has 0 amide bonds.